The summed E-state index contributed by atoms with van der Waals surface area (Å²) in [4.78, 5) is 25.4. The minimum absolute atomic E-state index is 0.253. The summed E-state index contributed by atoms with van der Waals surface area (Å²) in [6.07, 6.45) is 1.72. The number of carbonyl (C=O) groups is 2. The summed E-state index contributed by atoms with van der Waals surface area (Å²) >= 11 is 0. The lowest BCUT2D eigenvalue weighted by atomic mass is 9.98. The van der Waals surface area contributed by atoms with E-state index in [0.29, 0.717) is 5.56 Å². The quantitative estimate of drug-likeness (QED) is 0.567. The van der Waals surface area contributed by atoms with Crippen LogP contribution in [0.2, 0.25) is 0 Å². The molecule has 1 amide bonds. The standard InChI is InChI=1S/C21H22N2O2/c1-13(2)15-10-7-8-14(3)19(15)22-21(25)20(24)17-12-23(4)18-11-6-5-9-16(17)18/h5-13H,1-4H3,(H,22,25). The first-order valence-corrected chi connectivity index (χ1v) is 8.39. The third kappa shape index (κ3) is 3.07. The van der Waals surface area contributed by atoms with Crippen LogP contribution in [0.15, 0.2) is 48.7 Å². The Kier molecular flexibility index (Phi) is 4.45. The number of hydrogen-bond acceptors (Lipinski definition) is 2. The number of fused-ring (bicyclic) bond motifs is 1. The van der Waals surface area contributed by atoms with Crippen molar-refractivity contribution in [2.45, 2.75) is 26.7 Å². The highest BCUT2D eigenvalue weighted by Gasteiger charge is 2.22. The molecule has 2 aromatic carbocycles. The van der Waals surface area contributed by atoms with Gasteiger partial charge in [-0.15, -0.1) is 0 Å². The fourth-order valence-electron chi connectivity index (χ4n) is 3.16. The Labute approximate surface area is 147 Å². The van der Waals surface area contributed by atoms with Gasteiger partial charge in [-0.05, 0) is 30.0 Å². The molecule has 0 radical (unpaired) electrons. The molecule has 1 heterocycles. The zero-order chi connectivity index (χ0) is 18.1. The number of rotatable bonds is 4. The number of aryl methyl sites for hydroxylation is 2. The van der Waals surface area contributed by atoms with E-state index in [1.54, 1.807) is 6.20 Å². The monoisotopic (exact) mass is 334 g/mol. The molecule has 1 N–H and O–H groups in total. The second-order valence-electron chi connectivity index (χ2n) is 6.65. The highest BCUT2D eigenvalue weighted by molar-refractivity contribution is 6.48. The number of nitrogens with zero attached hydrogens (tertiary/aromatic N) is 1. The zero-order valence-electron chi connectivity index (χ0n) is 15.0. The number of aromatic nitrogens is 1. The number of amides is 1. The van der Waals surface area contributed by atoms with Gasteiger partial charge in [-0.1, -0.05) is 50.2 Å². The van der Waals surface area contributed by atoms with Gasteiger partial charge < -0.3 is 9.88 Å². The predicted molar refractivity (Wildman–Crippen MR) is 101 cm³/mol. The number of anilines is 1. The van der Waals surface area contributed by atoms with E-state index in [9.17, 15) is 9.59 Å². The zero-order valence-corrected chi connectivity index (χ0v) is 15.0. The van der Waals surface area contributed by atoms with Crippen LogP contribution >= 0.6 is 0 Å². The molecular formula is C21H22N2O2. The lowest BCUT2D eigenvalue weighted by molar-refractivity contribution is -0.112. The van der Waals surface area contributed by atoms with Crippen molar-refractivity contribution in [2.75, 3.05) is 5.32 Å². The number of benzene rings is 2. The maximum absolute atomic E-state index is 12.7. The SMILES string of the molecule is Cc1cccc(C(C)C)c1NC(=O)C(=O)c1cn(C)c2ccccc12. The first-order chi connectivity index (χ1) is 11.9. The van der Waals surface area contributed by atoms with Crippen molar-refractivity contribution >= 4 is 28.3 Å². The minimum Gasteiger partial charge on any atom is -0.350 e. The van der Waals surface area contributed by atoms with Crippen molar-refractivity contribution in [3.8, 4) is 0 Å². The van der Waals surface area contributed by atoms with Crippen LogP contribution in [0, 0.1) is 6.92 Å². The molecule has 128 valence electrons. The third-order valence-electron chi connectivity index (χ3n) is 4.51. The maximum Gasteiger partial charge on any atom is 0.296 e. The van der Waals surface area contributed by atoms with Gasteiger partial charge >= 0.3 is 0 Å². The molecule has 0 fully saturated rings. The van der Waals surface area contributed by atoms with E-state index in [1.165, 1.54) is 0 Å². The van der Waals surface area contributed by atoms with Gasteiger partial charge in [0, 0.05) is 29.8 Å². The molecule has 0 aliphatic heterocycles. The third-order valence-corrected chi connectivity index (χ3v) is 4.51. The van der Waals surface area contributed by atoms with Crippen molar-refractivity contribution in [3.05, 3.63) is 65.4 Å². The highest BCUT2D eigenvalue weighted by Crippen LogP contribution is 2.28. The van der Waals surface area contributed by atoms with E-state index in [0.717, 1.165) is 27.7 Å². The number of hydrogen-bond donors (Lipinski definition) is 1. The normalized spacial score (nSPS) is 11.1. The summed E-state index contributed by atoms with van der Waals surface area (Å²) in [5.74, 6) is -0.870. The van der Waals surface area contributed by atoms with Crippen molar-refractivity contribution in [1.82, 2.24) is 4.57 Å². The number of ketones is 1. The van der Waals surface area contributed by atoms with Crippen molar-refractivity contribution in [1.29, 1.82) is 0 Å². The van der Waals surface area contributed by atoms with Gasteiger partial charge in [-0.2, -0.15) is 0 Å². The average Bonchev–Trinajstić information content (AvgIpc) is 2.93. The van der Waals surface area contributed by atoms with Crippen LogP contribution in [0.5, 0.6) is 0 Å². The van der Waals surface area contributed by atoms with E-state index in [1.807, 2.05) is 61.0 Å². The number of carbonyl (C=O) groups excluding carboxylic acids is 2. The molecule has 0 unspecified atom stereocenters. The van der Waals surface area contributed by atoms with E-state index in [4.69, 9.17) is 0 Å². The second kappa shape index (κ2) is 6.55. The molecule has 0 atom stereocenters. The van der Waals surface area contributed by atoms with E-state index in [-0.39, 0.29) is 5.92 Å². The van der Waals surface area contributed by atoms with Gasteiger partial charge in [-0.3, -0.25) is 9.59 Å². The molecular weight excluding hydrogens is 312 g/mol. The van der Waals surface area contributed by atoms with Crippen LogP contribution in [0.3, 0.4) is 0 Å². The molecule has 3 aromatic rings. The minimum atomic E-state index is -0.604. The molecule has 4 heteroatoms. The lowest BCUT2D eigenvalue weighted by Gasteiger charge is -2.16. The molecule has 0 spiro atoms. The summed E-state index contributed by atoms with van der Waals surface area (Å²) in [6.45, 7) is 6.07. The van der Waals surface area contributed by atoms with Crippen molar-refractivity contribution in [3.63, 3.8) is 0 Å². The summed E-state index contributed by atoms with van der Waals surface area (Å²) in [6, 6.07) is 13.5. The smallest absolute Gasteiger partial charge is 0.296 e. The Bertz CT molecular complexity index is 967. The largest absolute Gasteiger partial charge is 0.350 e. The fourth-order valence-corrected chi connectivity index (χ4v) is 3.16. The Morgan fingerprint density at radius 1 is 1.04 bits per heavy atom. The van der Waals surface area contributed by atoms with E-state index in [2.05, 4.69) is 19.2 Å². The Hall–Kier alpha value is -2.88. The second-order valence-corrected chi connectivity index (χ2v) is 6.65. The highest BCUT2D eigenvalue weighted by atomic mass is 16.2. The maximum atomic E-state index is 12.7. The van der Waals surface area contributed by atoms with Crippen LogP contribution < -0.4 is 5.32 Å². The van der Waals surface area contributed by atoms with Gasteiger partial charge in [0.25, 0.3) is 11.7 Å². The number of para-hydroxylation sites is 2. The molecule has 3 rings (SSSR count). The molecule has 0 bridgehead atoms. The van der Waals surface area contributed by atoms with Gasteiger partial charge in [0.05, 0.1) is 5.56 Å². The molecule has 0 aliphatic carbocycles. The molecule has 0 saturated carbocycles. The molecule has 4 nitrogen and oxygen atoms in total. The van der Waals surface area contributed by atoms with E-state index >= 15 is 0 Å². The van der Waals surface area contributed by atoms with Crippen LogP contribution in [-0.2, 0) is 11.8 Å². The summed E-state index contributed by atoms with van der Waals surface area (Å²) < 4.78 is 1.86. The van der Waals surface area contributed by atoms with Crippen LogP contribution in [-0.4, -0.2) is 16.3 Å². The number of Topliss-reactive ketones (excluding diaryl/α,β-unsaturated/α-hetero) is 1. The van der Waals surface area contributed by atoms with Crippen LogP contribution in [0.1, 0.15) is 41.3 Å². The van der Waals surface area contributed by atoms with Crippen molar-refractivity contribution < 1.29 is 9.59 Å². The van der Waals surface area contributed by atoms with Gasteiger partial charge in [0.2, 0.25) is 0 Å². The molecule has 1 aromatic heterocycles. The summed E-state index contributed by atoms with van der Waals surface area (Å²) in [7, 11) is 1.87. The summed E-state index contributed by atoms with van der Waals surface area (Å²) in [5.41, 5.74) is 4.06. The molecule has 0 aliphatic rings. The molecule has 0 saturated heterocycles. The first-order valence-electron chi connectivity index (χ1n) is 8.39. The Morgan fingerprint density at radius 3 is 2.48 bits per heavy atom. The van der Waals surface area contributed by atoms with Gasteiger partial charge in [-0.25, -0.2) is 0 Å². The topological polar surface area (TPSA) is 51.1 Å². The summed E-state index contributed by atoms with van der Waals surface area (Å²) in [5, 5.41) is 3.63. The Balaban J connectivity index is 1.96. The predicted octanol–water partition coefficient (Wildman–Crippen LogP) is 4.43. The van der Waals surface area contributed by atoms with Gasteiger partial charge in [0.15, 0.2) is 0 Å². The van der Waals surface area contributed by atoms with Crippen molar-refractivity contribution in [2.24, 2.45) is 7.05 Å². The van der Waals surface area contributed by atoms with Crippen LogP contribution in [0.4, 0.5) is 5.69 Å². The lowest BCUT2D eigenvalue weighted by Crippen LogP contribution is -2.24. The Morgan fingerprint density at radius 2 is 1.76 bits per heavy atom. The first kappa shape index (κ1) is 17.0. The fraction of sp³-hybridized carbons (Fsp3) is 0.238. The average molecular weight is 334 g/mol. The van der Waals surface area contributed by atoms with E-state index < -0.39 is 11.7 Å². The van der Waals surface area contributed by atoms with Gasteiger partial charge in [0.1, 0.15) is 0 Å². The number of nitrogens with one attached hydrogen (secondary N) is 1. The molecule has 25 heavy (non-hydrogen) atoms. The van der Waals surface area contributed by atoms with Crippen LogP contribution in [0.25, 0.3) is 10.9 Å².